The third kappa shape index (κ3) is 3.01. The van der Waals surface area contributed by atoms with Crippen molar-refractivity contribution in [2.24, 2.45) is 12.8 Å². The fourth-order valence-electron chi connectivity index (χ4n) is 1.49. The lowest BCUT2D eigenvalue weighted by atomic mass is 10.4. The summed E-state index contributed by atoms with van der Waals surface area (Å²) in [5.41, 5.74) is 5.97. The Morgan fingerprint density at radius 2 is 2.22 bits per heavy atom. The standard InChI is InChI=1S/C11H14N6S/c1-17-5-4-14-10(17)2-3-13-9-7-15-8(6-16-9)11(12)18/h4-7H,2-3H2,1H3,(H2,12,18)(H,13,16). The monoisotopic (exact) mass is 262 g/mol. The van der Waals surface area contributed by atoms with Gasteiger partial charge in [0, 0.05) is 32.4 Å². The lowest BCUT2D eigenvalue weighted by molar-refractivity contribution is 0.788. The summed E-state index contributed by atoms with van der Waals surface area (Å²) in [6, 6.07) is 0. The number of anilines is 1. The molecule has 0 atom stereocenters. The second-order valence-electron chi connectivity index (χ2n) is 3.78. The van der Waals surface area contributed by atoms with E-state index in [1.807, 2.05) is 17.8 Å². The number of imidazole rings is 1. The fourth-order valence-corrected chi connectivity index (χ4v) is 1.59. The molecule has 2 rings (SSSR count). The van der Waals surface area contributed by atoms with Crippen LogP contribution in [0.2, 0.25) is 0 Å². The summed E-state index contributed by atoms with van der Waals surface area (Å²) >= 11 is 4.80. The molecule has 0 amide bonds. The summed E-state index contributed by atoms with van der Waals surface area (Å²) in [5.74, 6) is 1.72. The van der Waals surface area contributed by atoms with Crippen molar-refractivity contribution in [3.63, 3.8) is 0 Å². The van der Waals surface area contributed by atoms with Crippen LogP contribution in [0, 0.1) is 0 Å². The normalized spacial score (nSPS) is 10.3. The largest absolute Gasteiger partial charge is 0.388 e. The van der Waals surface area contributed by atoms with E-state index in [0.717, 1.165) is 18.8 Å². The third-order valence-corrected chi connectivity index (χ3v) is 2.69. The van der Waals surface area contributed by atoms with Crippen LogP contribution in [-0.4, -0.2) is 31.1 Å². The average molecular weight is 262 g/mol. The van der Waals surface area contributed by atoms with Crippen LogP contribution in [0.4, 0.5) is 5.82 Å². The molecule has 0 bridgehead atoms. The number of hydrogen-bond acceptors (Lipinski definition) is 5. The molecule has 0 aliphatic rings. The van der Waals surface area contributed by atoms with E-state index in [1.165, 1.54) is 0 Å². The van der Waals surface area contributed by atoms with Gasteiger partial charge >= 0.3 is 0 Å². The highest BCUT2D eigenvalue weighted by atomic mass is 32.1. The molecule has 6 nitrogen and oxygen atoms in total. The summed E-state index contributed by atoms with van der Waals surface area (Å²) in [7, 11) is 1.97. The van der Waals surface area contributed by atoms with Crippen molar-refractivity contribution in [3.05, 3.63) is 36.3 Å². The maximum absolute atomic E-state index is 5.44. The van der Waals surface area contributed by atoms with Gasteiger partial charge in [0.15, 0.2) is 0 Å². The van der Waals surface area contributed by atoms with Crippen molar-refractivity contribution in [1.82, 2.24) is 19.5 Å². The number of nitrogens with zero attached hydrogens (tertiary/aromatic N) is 4. The average Bonchev–Trinajstić information content (AvgIpc) is 2.76. The van der Waals surface area contributed by atoms with Crippen molar-refractivity contribution < 1.29 is 0 Å². The second kappa shape index (κ2) is 5.54. The second-order valence-corrected chi connectivity index (χ2v) is 4.22. The summed E-state index contributed by atoms with van der Waals surface area (Å²) in [6.45, 7) is 0.742. The van der Waals surface area contributed by atoms with Crippen LogP contribution in [0.25, 0.3) is 0 Å². The summed E-state index contributed by atoms with van der Waals surface area (Å²) in [4.78, 5) is 12.8. The van der Waals surface area contributed by atoms with Crippen molar-refractivity contribution in [2.45, 2.75) is 6.42 Å². The fraction of sp³-hybridized carbons (Fsp3) is 0.273. The van der Waals surface area contributed by atoms with Gasteiger partial charge in [-0.15, -0.1) is 0 Å². The van der Waals surface area contributed by atoms with E-state index in [2.05, 4.69) is 20.3 Å². The van der Waals surface area contributed by atoms with Crippen LogP contribution >= 0.6 is 12.2 Å². The number of nitrogens with one attached hydrogen (secondary N) is 1. The van der Waals surface area contributed by atoms with Crippen LogP contribution < -0.4 is 11.1 Å². The summed E-state index contributed by atoms with van der Waals surface area (Å²) in [5, 5.41) is 3.17. The van der Waals surface area contributed by atoms with Crippen LogP contribution in [-0.2, 0) is 13.5 Å². The number of rotatable bonds is 5. The Balaban J connectivity index is 1.87. The minimum atomic E-state index is 0.252. The van der Waals surface area contributed by atoms with Gasteiger partial charge in [-0.2, -0.15) is 0 Å². The Kier molecular flexibility index (Phi) is 3.83. The molecule has 3 N–H and O–H groups in total. The zero-order valence-corrected chi connectivity index (χ0v) is 10.8. The van der Waals surface area contributed by atoms with Crippen molar-refractivity contribution in [1.29, 1.82) is 0 Å². The van der Waals surface area contributed by atoms with Crippen LogP contribution in [0.5, 0.6) is 0 Å². The Labute approximate surface area is 110 Å². The first-order valence-corrected chi connectivity index (χ1v) is 5.89. The quantitative estimate of drug-likeness (QED) is 0.764. The molecule has 0 aliphatic carbocycles. The Morgan fingerprint density at radius 1 is 1.39 bits per heavy atom. The first-order valence-electron chi connectivity index (χ1n) is 5.49. The van der Waals surface area contributed by atoms with E-state index in [9.17, 15) is 0 Å². The Hall–Kier alpha value is -2.02. The molecular formula is C11H14N6S. The van der Waals surface area contributed by atoms with Gasteiger partial charge in [0.25, 0.3) is 0 Å². The topological polar surface area (TPSA) is 81.7 Å². The zero-order chi connectivity index (χ0) is 13.0. The predicted octanol–water partition coefficient (Wildman–Crippen LogP) is 0.499. The van der Waals surface area contributed by atoms with Gasteiger partial charge in [-0.25, -0.2) is 15.0 Å². The molecule has 0 fully saturated rings. The molecule has 2 aromatic heterocycles. The van der Waals surface area contributed by atoms with Crippen LogP contribution in [0.3, 0.4) is 0 Å². The van der Waals surface area contributed by atoms with Gasteiger partial charge in [0.05, 0.1) is 12.4 Å². The van der Waals surface area contributed by atoms with Gasteiger partial charge in [0.1, 0.15) is 22.3 Å². The van der Waals surface area contributed by atoms with E-state index >= 15 is 0 Å². The lowest BCUT2D eigenvalue weighted by Gasteiger charge is -2.05. The Morgan fingerprint density at radius 3 is 2.78 bits per heavy atom. The highest BCUT2D eigenvalue weighted by molar-refractivity contribution is 7.80. The van der Waals surface area contributed by atoms with E-state index < -0.39 is 0 Å². The van der Waals surface area contributed by atoms with Gasteiger partial charge in [0.2, 0.25) is 0 Å². The maximum Gasteiger partial charge on any atom is 0.144 e. The number of hydrogen-bond donors (Lipinski definition) is 2. The van der Waals surface area contributed by atoms with E-state index in [1.54, 1.807) is 18.6 Å². The lowest BCUT2D eigenvalue weighted by Crippen LogP contribution is -2.13. The smallest absolute Gasteiger partial charge is 0.144 e. The molecule has 7 heteroatoms. The van der Waals surface area contributed by atoms with Crippen molar-refractivity contribution in [2.75, 3.05) is 11.9 Å². The van der Waals surface area contributed by atoms with Gasteiger partial charge < -0.3 is 15.6 Å². The van der Waals surface area contributed by atoms with E-state index in [4.69, 9.17) is 18.0 Å². The van der Waals surface area contributed by atoms with Gasteiger partial charge in [-0.05, 0) is 0 Å². The molecule has 0 saturated carbocycles. The first-order chi connectivity index (χ1) is 8.66. The van der Waals surface area contributed by atoms with Crippen LogP contribution in [0.15, 0.2) is 24.8 Å². The highest BCUT2D eigenvalue weighted by Crippen LogP contribution is 2.02. The molecule has 0 radical (unpaired) electrons. The van der Waals surface area contributed by atoms with Gasteiger partial charge in [-0.3, -0.25) is 0 Å². The summed E-state index contributed by atoms with van der Waals surface area (Å²) < 4.78 is 1.99. The molecule has 0 aromatic carbocycles. The molecular weight excluding hydrogens is 248 g/mol. The van der Waals surface area contributed by atoms with E-state index in [-0.39, 0.29) is 4.99 Å². The van der Waals surface area contributed by atoms with Crippen molar-refractivity contribution >= 4 is 23.0 Å². The van der Waals surface area contributed by atoms with Gasteiger partial charge in [-0.1, -0.05) is 12.2 Å². The molecule has 2 heterocycles. The zero-order valence-electron chi connectivity index (χ0n) is 10.00. The molecule has 2 aromatic rings. The van der Waals surface area contributed by atoms with E-state index in [0.29, 0.717) is 11.5 Å². The minimum absolute atomic E-state index is 0.252. The van der Waals surface area contributed by atoms with Crippen LogP contribution in [0.1, 0.15) is 11.5 Å². The molecule has 94 valence electrons. The predicted molar refractivity (Wildman–Crippen MR) is 73.3 cm³/mol. The number of nitrogens with two attached hydrogens (primary N) is 1. The molecule has 0 saturated heterocycles. The highest BCUT2D eigenvalue weighted by Gasteiger charge is 2.01. The first kappa shape index (κ1) is 12.4. The SMILES string of the molecule is Cn1ccnc1CCNc1cnc(C(N)=S)cn1. The number of aryl methyl sites for hydroxylation is 1. The number of thiocarbonyl (C=S) groups is 1. The number of aromatic nitrogens is 4. The third-order valence-electron chi connectivity index (χ3n) is 2.48. The Bertz CT molecular complexity index is 533. The maximum atomic E-state index is 5.44. The summed E-state index contributed by atoms with van der Waals surface area (Å²) in [6.07, 6.45) is 7.71. The van der Waals surface area contributed by atoms with Crippen molar-refractivity contribution in [3.8, 4) is 0 Å². The molecule has 0 unspecified atom stereocenters. The minimum Gasteiger partial charge on any atom is -0.388 e. The molecule has 0 spiro atoms. The molecule has 18 heavy (non-hydrogen) atoms. The molecule has 0 aliphatic heterocycles.